The summed E-state index contributed by atoms with van der Waals surface area (Å²) < 4.78 is 6.33. The van der Waals surface area contributed by atoms with Crippen molar-refractivity contribution in [2.45, 2.75) is 6.54 Å². The minimum Gasteiger partial charge on any atom is -0.467 e. The third-order valence-corrected chi connectivity index (χ3v) is 4.98. The monoisotopic (exact) mass is 343 g/mol. The summed E-state index contributed by atoms with van der Waals surface area (Å²) >= 11 is 1.65. The molecule has 0 radical (unpaired) electrons. The molecule has 124 valence electrons. The molecule has 3 aromatic rings. The van der Waals surface area contributed by atoms with Crippen LogP contribution in [0.15, 0.2) is 40.6 Å². The minimum atomic E-state index is -0.0602. The highest BCUT2D eigenvalue weighted by Crippen LogP contribution is 2.28. The van der Waals surface area contributed by atoms with E-state index in [0.717, 1.165) is 34.9 Å². The Labute approximate surface area is 142 Å². The SMILES string of the molecule is O=C(NCc1ccco1)N1CCN(c2ncnc3ccsc23)CC1. The van der Waals surface area contributed by atoms with Crippen LogP contribution >= 0.6 is 11.3 Å². The van der Waals surface area contributed by atoms with Crippen molar-refractivity contribution in [3.63, 3.8) is 0 Å². The van der Waals surface area contributed by atoms with Crippen LogP contribution in [-0.2, 0) is 6.54 Å². The van der Waals surface area contributed by atoms with Gasteiger partial charge in [-0.3, -0.25) is 0 Å². The summed E-state index contributed by atoms with van der Waals surface area (Å²) in [7, 11) is 0. The first-order chi connectivity index (χ1) is 11.8. The summed E-state index contributed by atoms with van der Waals surface area (Å²) in [5, 5.41) is 4.91. The van der Waals surface area contributed by atoms with Crippen molar-refractivity contribution in [1.29, 1.82) is 0 Å². The van der Waals surface area contributed by atoms with Crippen LogP contribution < -0.4 is 10.2 Å². The van der Waals surface area contributed by atoms with Crippen LogP contribution in [-0.4, -0.2) is 47.1 Å². The number of aromatic nitrogens is 2. The molecule has 0 saturated carbocycles. The molecule has 4 rings (SSSR count). The van der Waals surface area contributed by atoms with Crippen LogP contribution in [0.3, 0.4) is 0 Å². The van der Waals surface area contributed by atoms with Crippen molar-refractivity contribution in [2.75, 3.05) is 31.1 Å². The lowest BCUT2D eigenvalue weighted by Gasteiger charge is -2.35. The summed E-state index contributed by atoms with van der Waals surface area (Å²) in [6.45, 7) is 3.27. The molecular formula is C16H17N5O2S. The highest BCUT2D eigenvalue weighted by Gasteiger charge is 2.23. The van der Waals surface area contributed by atoms with E-state index in [1.54, 1.807) is 23.9 Å². The smallest absolute Gasteiger partial charge is 0.317 e. The number of amides is 2. The first-order valence-corrected chi connectivity index (χ1v) is 8.67. The zero-order chi connectivity index (χ0) is 16.4. The molecule has 3 aromatic heterocycles. The summed E-state index contributed by atoms with van der Waals surface area (Å²) in [5.74, 6) is 1.72. The lowest BCUT2D eigenvalue weighted by molar-refractivity contribution is 0.193. The van der Waals surface area contributed by atoms with Crippen LogP contribution in [0.25, 0.3) is 10.2 Å². The van der Waals surface area contributed by atoms with Gasteiger partial charge in [0.15, 0.2) is 0 Å². The lowest BCUT2D eigenvalue weighted by Crippen LogP contribution is -2.51. The van der Waals surface area contributed by atoms with E-state index in [0.29, 0.717) is 19.6 Å². The first kappa shape index (κ1) is 14.9. The topological polar surface area (TPSA) is 74.5 Å². The van der Waals surface area contributed by atoms with E-state index in [2.05, 4.69) is 20.2 Å². The van der Waals surface area contributed by atoms with Gasteiger partial charge in [-0.1, -0.05) is 0 Å². The van der Waals surface area contributed by atoms with E-state index >= 15 is 0 Å². The van der Waals surface area contributed by atoms with Gasteiger partial charge < -0.3 is 19.5 Å². The molecule has 1 aliphatic heterocycles. The molecule has 4 heterocycles. The molecule has 1 fully saturated rings. The lowest BCUT2D eigenvalue weighted by atomic mass is 10.3. The molecule has 24 heavy (non-hydrogen) atoms. The molecule has 1 saturated heterocycles. The van der Waals surface area contributed by atoms with Crippen molar-refractivity contribution in [3.8, 4) is 0 Å². The fraction of sp³-hybridized carbons (Fsp3) is 0.312. The van der Waals surface area contributed by atoms with E-state index < -0.39 is 0 Å². The second kappa shape index (κ2) is 6.48. The predicted molar refractivity (Wildman–Crippen MR) is 92.1 cm³/mol. The maximum absolute atomic E-state index is 12.2. The van der Waals surface area contributed by atoms with Gasteiger partial charge in [-0.25, -0.2) is 14.8 Å². The molecule has 1 aliphatic rings. The van der Waals surface area contributed by atoms with Gasteiger partial charge in [-0.05, 0) is 23.6 Å². The number of hydrogen-bond acceptors (Lipinski definition) is 6. The normalized spacial score (nSPS) is 15.0. The molecule has 8 heteroatoms. The second-order valence-electron chi connectivity index (χ2n) is 5.54. The number of hydrogen-bond donors (Lipinski definition) is 1. The van der Waals surface area contributed by atoms with Crippen LogP contribution in [0.4, 0.5) is 10.6 Å². The van der Waals surface area contributed by atoms with Crippen molar-refractivity contribution in [1.82, 2.24) is 20.2 Å². The van der Waals surface area contributed by atoms with Crippen LogP contribution in [0, 0.1) is 0 Å². The Morgan fingerprint density at radius 2 is 2.12 bits per heavy atom. The van der Waals surface area contributed by atoms with Crippen molar-refractivity contribution in [2.24, 2.45) is 0 Å². The van der Waals surface area contributed by atoms with E-state index in [-0.39, 0.29) is 6.03 Å². The van der Waals surface area contributed by atoms with Gasteiger partial charge in [-0.15, -0.1) is 11.3 Å². The number of anilines is 1. The molecule has 0 atom stereocenters. The van der Waals surface area contributed by atoms with Crippen LogP contribution in [0.1, 0.15) is 5.76 Å². The number of thiophene rings is 1. The Hall–Kier alpha value is -2.61. The van der Waals surface area contributed by atoms with Crippen LogP contribution in [0.2, 0.25) is 0 Å². The molecular weight excluding hydrogens is 326 g/mol. The number of nitrogens with zero attached hydrogens (tertiary/aromatic N) is 4. The molecule has 0 spiro atoms. The fourth-order valence-electron chi connectivity index (χ4n) is 2.81. The van der Waals surface area contributed by atoms with E-state index in [9.17, 15) is 4.79 Å². The Balaban J connectivity index is 1.36. The molecule has 7 nitrogen and oxygen atoms in total. The summed E-state index contributed by atoms with van der Waals surface area (Å²) in [6.07, 6.45) is 3.21. The zero-order valence-corrected chi connectivity index (χ0v) is 13.8. The number of carbonyl (C=O) groups excluding carboxylic acids is 1. The van der Waals surface area contributed by atoms with Crippen molar-refractivity contribution >= 4 is 33.4 Å². The number of nitrogens with one attached hydrogen (secondary N) is 1. The van der Waals surface area contributed by atoms with Gasteiger partial charge in [-0.2, -0.15) is 0 Å². The average Bonchev–Trinajstić information content (AvgIpc) is 3.31. The maximum Gasteiger partial charge on any atom is 0.317 e. The first-order valence-electron chi connectivity index (χ1n) is 7.79. The van der Waals surface area contributed by atoms with Gasteiger partial charge in [0.1, 0.15) is 17.9 Å². The second-order valence-corrected chi connectivity index (χ2v) is 6.46. The Morgan fingerprint density at radius 1 is 1.25 bits per heavy atom. The third-order valence-electron chi connectivity index (χ3n) is 4.08. The molecule has 1 N–H and O–H groups in total. The molecule has 2 amide bonds. The average molecular weight is 343 g/mol. The fourth-order valence-corrected chi connectivity index (χ4v) is 3.67. The maximum atomic E-state index is 12.2. The number of furan rings is 1. The number of piperazine rings is 1. The number of rotatable bonds is 3. The largest absolute Gasteiger partial charge is 0.467 e. The van der Waals surface area contributed by atoms with Gasteiger partial charge >= 0.3 is 6.03 Å². The summed E-state index contributed by atoms with van der Waals surface area (Å²) in [5.41, 5.74) is 0.976. The predicted octanol–water partition coefficient (Wildman–Crippen LogP) is 2.32. The molecule has 0 bridgehead atoms. The van der Waals surface area contributed by atoms with Gasteiger partial charge in [0.2, 0.25) is 0 Å². The van der Waals surface area contributed by atoms with Gasteiger partial charge in [0.05, 0.1) is 23.0 Å². The summed E-state index contributed by atoms with van der Waals surface area (Å²) in [4.78, 5) is 25.0. The highest BCUT2D eigenvalue weighted by atomic mass is 32.1. The Bertz CT molecular complexity index is 824. The third kappa shape index (κ3) is 2.92. The van der Waals surface area contributed by atoms with E-state index in [1.165, 1.54) is 0 Å². The quantitative estimate of drug-likeness (QED) is 0.790. The van der Waals surface area contributed by atoms with Crippen molar-refractivity contribution in [3.05, 3.63) is 41.9 Å². The minimum absolute atomic E-state index is 0.0602. The standard InChI is InChI=1S/C16H17N5O2S/c22-16(17-10-12-2-1-8-23-12)21-6-4-20(5-7-21)15-14-13(3-9-24-14)18-11-19-15/h1-3,8-9,11H,4-7,10H2,(H,17,22). The molecule has 0 aromatic carbocycles. The highest BCUT2D eigenvalue weighted by molar-refractivity contribution is 7.17. The van der Waals surface area contributed by atoms with Gasteiger partial charge in [0.25, 0.3) is 0 Å². The molecule has 0 unspecified atom stereocenters. The van der Waals surface area contributed by atoms with Gasteiger partial charge in [0, 0.05) is 26.2 Å². The number of fused-ring (bicyclic) bond motifs is 1. The molecule has 0 aliphatic carbocycles. The Morgan fingerprint density at radius 3 is 2.92 bits per heavy atom. The van der Waals surface area contributed by atoms with E-state index in [4.69, 9.17) is 4.42 Å². The van der Waals surface area contributed by atoms with Crippen molar-refractivity contribution < 1.29 is 9.21 Å². The number of urea groups is 1. The zero-order valence-electron chi connectivity index (χ0n) is 13.0. The Kier molecular flexibility index (Phi) is 4.04. The summed E-state index contributed by atoms with van der Waals surface area (Å²) in [6, 6.07) is 5.60. The van der Waals surface area contributed by atoms with Crippen LogP contribution in [0.5, 0.6) is 0 Å². The van der Waals surface area contributed by atoms with E-state index in [1.807, 2.05) is 28.5 Å². The number of carbonyl (C=O) groups is 1.